The van der Waals surface area contributed by atoms with E-state index < -0.39 is 0 Å². The summed E-state index contributed by atoms with van der Waals surface area (Å²) in [5, 5.41) is 9.81. The van der Waals surface area contributed by atoms with Crippen LogP contribution in [0.25, 0.3) is 10.1 Å². The fraction of sp³-hybridized carbons (Fsp3) is 0.182. The minimum atomic E-state index is 0.501. The van der Waals surface area contributed by atoms with Crippen molar-refractivity contribution in [3.8, 4) is 6.07 Å². The second kappa shape index (κ2) is 3.64. The molecule has 0 aliphatic heterocycles. The molecule has 0 spiro atoms. The van der Waals surface area contributed by atoms with Gasteiger partial charge in [0, 0.05) is 14.5 Å². The molecule has 2 aromatic rings. The molecule has 0 saturated carbocycles. The molecule has 70 valence electrons. The van der Waals surface area contributed by atoms with Gasteiger partial charge in [0.05, 0.1) is 12.5 Å². The molecule has 0 aliphatic rings. The Morgan fingerprint density at radius 3 is 2.93 bits per heavy atom. The molecule has 1 aromatic heterocycles. The van der Waals surface area contributed by atoms with Crippen LogP contribution in [0.15, 0.2) is 23.1 Å². The Kier molecular flexibility index (Phi) is 2.49. The van der Waals surface area contributed by atoms with Crippen LogP contribution in [0, 0.1) is 18.3 Å². The molecule has 14 heavy (non-hydrogen) atoms. The van der Waals surface area contributed by atoms with Gasteiger partial charge in [0.25, 0.3) is 0 Å². The molecule has 0 bridgehead atoms. The largest absolute Gasteiger partial charge is 0.198 e. The lowest BCUT2D eigenvalue weighted by atomic mass is 10.2. The molecule has 0 amide bonds. The molecule has 0 atom stereocenters. The van der Waals surface area contributed by atoms with Crippen LogP contribution < -0.4 is 0 Å². The van der Waals surface area contributed by atoms with Gasteiger partial charge in [-0.25, -0.2) is 0 Å². The van der Waals surface area contributed by atoms with Crippen molar-refractivity contribution in [2.45, 2.75) is 18.2 Å². The molecule has 1 nitrogen and oxygen atoms in total. The van der Waals surface area contributed by atoms with E-state index in [9.17, 15) is 0 Å². The van der Waals surface area contributed by atoms with Crippen molar-refractivity contribution in [3.63, 3.8) is 0 Å². The Balaban J connectivity index is 2.66. The molecule has 1 aromatic carbocycles. The van der Waals surface area contributed by atoms with E-state index in [0.29, 0.717) is 6.42 Å². The molecular weight excluding hydrogens is 210 g/mol. The van der Waals surface area contributed by atoms with Crippen LogP contribution in [0.3, 0.4) is 0 Å². The molecule has 0 aliphatic carbocycles. The number of nitrogens with zero attached hydrogens (tertiary/aromatic N) is 1. The number of aryl methyl sites for hydroxylation is 1. The Morgan fingerprint density at radius 2 is 2.21 bits per heavy atom. The normalized spacial score (nSPS) is 10.4. The predicted molar refractivity (Wildman–Crippen MR) is 63.1 cm³/mol. The molecule has 0 N–H and O–H groups in total. The van der Waals surface area contributed by atoms with Crippen LogP contribution in [-0.4, -0.2) is 0 Å². The summed E-state index contributed by atoms with van der Waals surface area (Å²) in [7, 11) is 0. The number of hydrogen-bond acceptors (Lipinski definition) is 3. The van der Waals surface area contributed by atoms with Crippen LogP contribution in [0.2, 0.25) is 0 Å². The van der Waals surface area contributed by atoms with Crippen molar-refractivity contribution < 1.29 is 0 Å². The zero-order valence-corrected chi connectivity index (χ0v) is 9.45. The van der Waals surface area contributed by atoms with E-state index in [1.165, 1.54) is 15.6 Å². The first-order valence-electron chi connectivity index (χ1n) is 4.29. The van der Waals surface area contributed by atoms with E-state index in [2.05, 4.69) is 37.8 Å². The van der Waals surface area contributed by atoms with E-state index in [4.69, 9.17) is 5.26 Å². The Hall–Kier alpha value is -0.980. The number of hydrogen-bond donors (Lipinski definition) is 1. The van der Waals surface area contributed by atoms with Crippen LogP contribution in [0.4, 0.5) is 0 Å². The first-order valence-corrected chi connectivity index (χ1v) is 5.56. The van der Waals surface area contributed by atoms with Gasteiger partial charge in [0.2, 0.25) is 0 Å². The highest BCUT2D eigenvalue weighted by atomic mass is 32.1. The zero-order valence-electron chi connectivity index (χ0n) is 7.74. The highest BCUT2D eigenvalue weighted by Crippen LogP contribution is 2.30. The lowest BCUT2D eigenvalue weighted by molar-refractivity contribution is 1.32. The number of thiol groups is 1. The number of benzene rings is 1. The average Bonchev–Trinajstić information content (AvgIpc) is 2.48. The number of thiophene rings is 1. The standard InChI is InChI=1S/C11H9NS2/c1-7-4-9(13)5-8-6-10(2-3-12)14-11(7)8/h4-6,13H,2H2,1H3. The maximum Gasteiger partial charge on any atom is 0.0696 e. The quantitative estimate of drug-likeness (QED) is 0.728. The summed E-state index contributed by atoms with van der Waals surface area (Å²) >= 11 is 6.03. The van der Waals surface area contributed by atoms with Crippen LogP contribution in [0.5, 0.6) is 0 Å². The highest BCUT2D eigenvalue weighted by molar-refractivity contribution is 7.80. The molecule has 0 radical (unpaired) electrons. The van der Waals surface area contributed by atoms with Gasteiger partial charge in [-0.05, 0) is 36.1 Å². The topological polar surface area (TPSA) is 23.8 Å². The summed E-state index contributed by atoms with van der Waals surface area (Å²) in [6.07, 6.45) is 0.501. The highest BCUT2D eigenvalue weighted by Gasteiger charge is 2.04. The fourth-order valence-electron chi connectivity index (χ4n) is 1.53. The molecule has 0 fully saturated rings. The van der Waals surface area contributed by atoms with Gasteiger partial charge in [0.15, 0.2) is 0 Å². The van der Waals surface area contributed by atoms with Gasteiger partial charge >= 0.3 is 0 Å². The summed E-state index contributed by atoms with van der Waals surface area (Å²) in [6, 6.07) is 8.35. The molecular formula is C11H9NS2. The zero-order chi connectivity index (χ0) is 10.1. The van der Waals surface area contributed by atoms with Crippen LogP contribution >= 0.6 is 24.0 Å². The van der Waals surface area contributed by atoms with Crippen molar-refractivity contribution in [1.29, 1.82) is 5.26 Å². The molecule has 1 heterocycles. The summed E-state index contributed by atoms with van der Waals surface area (Å²) in [5.74, 6) is 0. The molecule has 0 unspecified atom stereocenters. The van der Waals surface area contributed by atoms with E-state index in [-0.39, 0.29) is 0 Å². The fourth-order valence-corrected chi connectivity index (χ4v) is 2.90. The minimum absolute atomic E-state index is 0.501. The van der Waals surface area contributed by atoms with Crippen LogP contribution in [0.1, 0.15) is 10.4 Å². The third kappa shape index (κ3) is 1.63. The molecule has 2 rings (SSSR count). The summed E-state index contributed by atoms with van der Waals surface area (Å²) in [5.41, 5.74) is 1.24. The van der Waals surface area contributed by atoms with E-state index in [1.54, 1.807) is 11.3 Å². The van der Waals surface area contributed by atoms with Gasteiger partial charge in [-0.1, -0.05) is 0 Å². The van der Waals surface area contributed by atoms with Gasteiger partial charge in [-0.3, -0.25) is 0 Å². The third-order valence-corrected chi connectivity index (χ3v) is 3.64. The van der Waals surface area contributed by atoms with Gasteiger partial charge in [-0.2, -0.15) is 5.26 Å². The molecule has 0 saturated heterocycles. The summed E-state index contributed by atoms with van der Waals surface area (Å²) in [4.78, 5) is 2.11. The number of nitriles is 1. The lowest BCUT2D eigenvalue weighted by Gasteiger charge is -1.96. The van der Waals surface area contributed by atoms with E-state index in [0.717, 1.165) is 9.77 Å². The monoisotopic (exact) mass is 219 g/mol. The van der Waals surface area contributed by atoms with Crippen molar-refractivity contribution >= 4 is 34.1 Å². The van der Waals surface area contributed by atoms with Gasteiger partial charge < -0.3 is 0 Å². The summed E-state index contributed by atoms with van der Waals surface area (Å²) in [6.45, 7) is 2.08. The Labute approximate surface area is 92.4 Å². The van der Waals surface area contributed by atoms with Crippen molar-refractivity contribution in [3.05, 3.63) is 28.6 Å². The van der Waals surface area contributed by atoms with Crippen molar-refractivity contribution in [2.24, 2.45) is 0 Å². The number of rotatable bonds is 1. The Morgan fingerprint density at radius 1 is 1.43 bits per heavy atom. The maximum absolute atomic E-state index is 8.61. The predicted octanol–water partition coefficient (Wildman–Crippen LogP) is 3.56. The average molecular weight is 219 g/mol. The van der Waals surface area contributed by atoms with E-state index in [1.807, 2.05) is 6.07 Å². The third-order valence-electron chi connectivity index (χ3n) is 2.09. The molecule has 3 heteroatoms. The van der Waals surface area contributed by atoms with Crippen LogP contribution in [-0.2, 0) is 6.42 Å². The van der Waals surface area contributed by atoms with E-state index >= 15 is 0 Å². The second-order valence-corrected chi connectivity index (χ2v) is 4.88. The second-order valence-electron chi connectivity index (χ2n) is 3.23. The smallest absolute Gasteiger partial charge is 0.0696 e. The van der Waals surface area contributed by atoms with Crippen molar-refractivity contribution in [2.75, 3.05) is 0 Å². The first kappa shape index (κ1) is 9.57. The minimum Gasteiger partial charge on any atom is -0.198 e. The maximum atomic E-state index is 8.61. The summed E-state index contributed by atoms with van der Waals surface area (Å²) < 4.78 is 1.27. The van der Waals surface area contributed by atoms with Crippen molar-refractivity contribution in [1.82, 2.24) is 0 Å². The SMILES string of the molecule is Cc1cc(S)cc2cc(CC#N)sc12. The lowest BCUT2D eigenvalue weighted by Crippen LogP contribution is -1.72. The van der Waals surface area contributed by atoms with Gasteiger partial charge in [0.1, 0.15) is 0 Å². The number of fused-ring (bicyclic) bond motifs is 1. The first-order chi connectivity index (χ1) is 6.70. The Bertz CT molecular complexity index is 520. The van der Waals surface area contributed by atoms with Gasteiger partial charge in [-0.15, -0.1) is 24.0 Å².